The number of nitrogens with one attached hydrogen (secondary N) is 3. The summed E-state index contributed by atoms with van der Waals surface area (Å²) < 4.78 is 24.1. The van der Waals surface area contributed by atoms with Crippen molar-refractivity contribution < 1.29 is 8.42 Å². The first-order valence-corrected chi connectivity index (χ1v) is 8.21. The number of hydrogen-bond acceptors (Lipinski definition) is 3. The molecule has 0 amide bonds. The molecule has 0 fully saturated rings. The van der Waals surface area contributed by atoms with Crippen LogP contribution in [0.4, 0.5) is 0 Å². The lowest BCUT2D eigenvalue weighted by Gasteiger charge is -2.11. The van der Waals surface area contributed by atoms with Crippen LogP contribution in [0.25, 0.3) is 0 Å². The Hall–Kier alpha value is -0.820. The van der Waals surface area contributed by atoms with E-state index in [1.165, 1.54) is 0 Å². The third-order valence-corrected chi connectivity index (χ3v) is 2.83. The smallest absolute Gasteiger partial charge is 0.208 e. The van der Waals surface area contributed by atoms with Gasteiger partial charge >= 0.3 is 0 Å². The van der Waals surface area contributed by atoms with Crippen LogP contribution in [0.3, 0.4) is 0 Å². The van der Waals surface area contributed by atoms with Crippen molar-refractivity contribution >= 4 is 16.0 Å². The van der Waals surface area contributed by atoms with Gasteiger partial charge in [-0.05, 0) is 19.3 Å². The maximum Gasteiger partial charge on any atom is 0.208 e. The minimum Gasteiger partial charge on any atom is -0.357 e. The quantitative estimate of drug-likeness (QED) is 0.335. The Labute approximate surface area is 111 Å². The molecule has 18 heavy (non-hydrogen) atoms. The van der Waals surface area contributed by atoms with Crippen molar-refractivity contribution in [3.63, 3.8) is 0 Å². The van der Waals surface area contributed by atoms with Crippen LogP contribution in [0.5, 0.6) is 0 Å². The van der Waals surface area contributed by atoms with Crippen molar-refractivity contribution in [2.45, 2.75) is 27.2 Å². The molecule has 0 aromatic carbocycles. The molecule has 0 aromatic heterocycles. The zero-order chi connectivity index (χ0) is 14.0. The molecule has 0 radical (unpaired) electrons. The summed E-state index contributed by atoms with van der Waals surface area (Å²) in [6.45, 7) is 8.74. The molecule has 0 aliphatic rings. The Morgan fingerprint density at radius 3 is 2.39 bits per heavy atom. The Morgan fingerprint density at radius 1 is 1.22 bits per heavy atom. The number of nitrogens with zero attached hydrogens (tertiary/aromatic N) is 1. The summed E-state index contributed by atoms with van der Waals surface area (Å²) in [5.41, 5.74) is 0. The second-order valence-electron chi connectivity index (χ2n) is 4.54. The van der Waals surface area contributed by atoms with E-state index >= 15 is 0 Å². The standard InChI is InChI=1S/C11H26N4O2S/c1-5-12-11(13-7-6-10(2)3)14-8-9-15-18(4,16)17/h10,15H,5-9H2,1-4H3,(H2,12,13,14). The van der Waals surface area contributed by atoms with E-state index in [4.69, 9.17) is 0 Å². The largest absolute Gasteiger partial charge is 0.357 e. The molecule has 6 nitrogen and oxygen atoms in total. The first-order chi connectivity index (χ1) is 8.35. The fourth-order valence-corrected chi connectivity index (χ4v) is 1.67. The van der Waals surface area contributed by atoms with Gasteiger partial charge in [0, 0.05) is 26.2 Å². The van der Waals surface area contributed by atoms with Crippen LogP contribution in [0, 0.1) is 5.92 Å². The van der Waals surface area contributed by atoms with Crippen molar-refractivity contribution in [3.05, 3.63) is 0 Å². The van der Waals surface area contributed by atoms with Gasteiger partial charge in [-0.15, -0.1) is 0 Å². The van der Waals surface area contributed by atoms with Gasteiger partial charge in [0.25, 0.3) is 0 Å². The van der Waals surface area contributed by atoms with E-state index in [0.29, 0.717) is 19.0 Å². The van der Waals surface area contributed by atoms with E-state index in [9.17, 15) is 8.42 Å². The molecule has 0 rings (SSSR count). The number of sulfonamides is 1. The van der Waals surface area contributed by atoms with Crippen LogP contribution >= 0.6 is 0 Å². The van der Waals surface area contributed by atoms with Gasteiger partial charge in [-0.1, -0.05) is 13.8 Å². The molecule has 108 valence electrons. The number of aliphatic imine (C=N–C) groups is 1. The van der Waals surface area contributed by atoms with Gasteiger partial charge in [0.05, 0.1) is 6.26 Å². The Morgan fingerprint density at radius 2 is 1.89 bits per heavy atom. The first-order valence-electron chi connectivity index (χ1n) is 6.32. The molecular formula is C11H26N4O2S. The summed E-state index contributed by atoms with van der Waals surface area (Å²) in [4.78, 5) is 4.40. The zero-order valence-electron chi connectivity index (χ0n) is 11.8. The van der Waals surface area contributed by atoms with E-state index in [-0.39, 0.29) is 0 Å². The van der Waals surface area contributed by atoms with E-state index in [0.717, 1.165) is 31.7 Å². The number of hydrogen-bond donors (Lipinski definition) is 3. The van der Waals surface area contributed by atoms with Crippen molar-refractivity contribution in [3.8, 4) is 0 Å². The van der Waals surface area contributed by atoms with E-state index in [1.54, 1.807) is 0 Å². The molecule has 0 aromatic rings. The predicted molar refractivity (Wildman–Crippen MR) is 76.3 cm³/mol. The minimum atomic E-state index is -3.11. The normalized spacial score (nSPS) is 12.8. The van der Waals surface area contributed by atoms with Crippen molar-refractivity contribution in [1.29, 1.82) is 0 Å². The molecule has 0 bridgehead atoms. The maximum absolute atomic E-state index is 10.9. The molecule has 0 unspecified atom stereocenters. The van der Waals surface area contributed by atoms with Crippen LogP contribution in [0.1, 0.15) is 27.2 Å². The van der Waals surface area contributed by atoms with Gasteiger partial charge in [-0.25, -0.2) is 13.1 Å². The lowest BCUT2D eigenvalue weighted by atomic mass is 10.1. The van der Waals surface area contributed by atoms with Gasteiger partial charge in [0.15, 0.2) is 5.96 Å². The maximum atomic E-state index is 10.9. The molecule has 3 N–H and O–H groups in total. The van der Waals surface area contributed by atoms with E-state index < -0.39 is 10.0 Å². The highest BCUT2D eigenvalue weighted by atomic mass is 32.2. The summed E-state index contributed by atoms with van der Waals surface area (Å²) in [5, 5.41) is 6.19. The fourth-order valence-electron chi connectivity index (χ4n) is 1.19. The van der Waals surface area contributed by atoms with Gasteiger partial charge in [-0.2, -0.15) is 0 Å². The van der Waals surface area contributed by atoms with Crippen molar-refractivity contribution in [1.82, 2.24) is 15.4 Å². The average molecular weight is 278 g/mol. The van der Waals surface area contributed by atoms with Gasteiger partial charge in [-0.3, -0.25) is 4.99 Å². The van der Waals surface area contributed by atoms with Crippen LogP contribution in [0.15, 0.2) is 4.99 Å². The van der Waals surface area contributed by atoms with Crippen LogP contribution in [-0.2, 0) is 10.0 Å². The molecule has 0 saturated carbocycles. The second kappa shape index (κ2) is 9.16. The number of rotatable bonds is 8. The molecular weight excluding hydrogens is 252 g/mol. The highest BCUT2D eigenvalue weighted by Gasteiger charge is 2.00. The highest BCUT2D eigenvalue weighted by Crippen LogP contribution is 1.98. The van der Waals surface area contributed by atoms with Gasteiger partial charge in [0.2, 0.25) is 10.0 Å². The van der Waals surface area contributed by atoms with E-state index in [2.05, 4.69) is 34.2 Å². The van der Waals surface area contributed by atoms with Gasteiger partial charge < -0.3 is 10.6 Å². The molecule has 0 saturated heterocycles. The SMILES string of the molecule is CCNC(=NCCC(C)C)NCCNS(C)(=O)=O. The topological polar surface area (TPSA) is 82.6 Å². The monoisotopic (exact) mass is 278 g/mol. The van der Waals surface area contributed by atoms with Crippen LogP contribution in [0.2, 0.25) is 0 Å². The molecule has 0 aliphatic heterocycles. The Bertz CT molecular complexity index is 339. The summed E-state index contributed by atoms with van der Waals surface area (Å²) >= 11 is 0. The third kappa shape index (κ3) is 11.7. The van der Waals surface area contributed by atoms with Crippen molar-refractivity contribution in [2.24, 2.45) is 10.9 Å². The minimum absolute atomic E-state index is 0.355. The summed E-state index contributed by atoms with van der Waals surface area (Å²) in [6.07, 6.45) is 2.19. The lowest BCUT2D eigenvalue weighted by molar-refractivity contribution is 0.585. The third-order valence-electron chi connectivity index (χ3n) is 2.10. The van der Waals surface area contributed by atoms with E-state index in [1.807, 2.05) is 6.92 Å². The molecule has 0 aliphatic carbocycles. The highest BCUT2D eigenvalue weighted by molar-refractivity contribution is 7.88. The molecule has 0 heterocycles. The van der Waals surface area contributed by atoms with Crippen LogP contribution in [-0.4, -0.2) is 46.8 Å². The molecule has 0 atom stereocenters. The Kier molecular flexibility index (Phi) is 8.74. The number of guanidine groups is 1. The lowest BCUT2D eigenvalue weighted by Crippen LogP contribution is -2.41. The first kappa shape index (κ1) is 17.2. The molecule has 7 heteroatoms. The molecule has 0 spiro atoms. The summed E-state index contributed by atoms with van der Waals surface area (Å²) in [5.74, 6) is 1.36. The zero-order valence-corrected chi connectivity index (χ0v) is 12.6. The average Bonchev–Trinajstić information content (AvgIpc) is 2.22. The fraction of sp³-hybridized carbons (Fsp3) is 0.909. The second-order valence-corrected chi connectivity index (χ2v) is 6.37. The van der Waals surface area contributed by atoms with Crippen molar-refractivity contribution in [2.75, 3.05) is 32.4 Å². The summed E-state index contributed by atoms with van der Waals surface area (Å²) in [7, 11) is -3.11. The summed E-state index contributed by atoms with van der Waals surface area (Å²) in [6, 6.07) is 0. The van der Waals surface area contributed by atoms with Gasteiger partial charge in [0.1, 0.15) is 0 Å². The van der Waals surface area contributed by atoms with Crippen LogP contribution < -0.4 is 15.4 Å². The predicted octanol–water partition coefficient (Wildman–Crippen LogP) is 0.137. The Balaban J connectivity index is 3.96.